The fourth-order valence-corrected chi connectivity index (χ4v) is 2.89. The third-order valence-electron chi connectivity index (χ3n) is 4.17. The normalized spacial score (nSPS) is 14.4. The number of hydrogen-bond acceptors (Lipinski definition) is 8. The lowest BCUT2D eigenvalue weighted by Crippen LogP contribution is -2.41. The molecule has 2 rings (SSSR count). The van der Waals surface area contributed by atoms with Gasteiger partial charge in [-0.2, -0.15) is 0 Å². The summed E-state index contributed by atoms with van der Waals surface area (Å²) in [6.45, 7) is 0. The van der Waals surface area contributed by atoms with Crippen molar-refractivity contribution in [1.29, 1.82) is 5.41 Å². The number of aromatic nitrogens is 1. The van der Waals surface area contributed by atoms with Crippen LogP contribution in [0.2, 0.25) is 5.02 Å². The summed E-state index contributed by atoms with van der Waals surface area (Å²) in [6, 6.07) is -0.260. The first-order valence-electron chi connectivity index (χ1n) is 9.01. The SMILES string of the molecule is N=C1N=C(N)CC(O)=C1CC(=O)Nc1cnc(C(=O)N[C@@H](CCC(=O)O)C(=O)O)c(Cl)c1. The summed E-state index contributed by atoms with van der Waals surface area (Å²) < 4.78 is 0. The number of aliphatic hydroxyl groups is 1. The Morgan fingerprint density at radius 3 is 2.53 bits per heavy atom. The van der Waals surface area contributed by atoms with Crippen molar-refractivity contribution in [2.45, 2.75) is 31.7 Å². The molecule has 1 atom stereocenters. The quantitative estimate of drug-likeness (QED) is 0.270. The zero-order chi connectivity index (χ0) is 24.0. The van der Waals surface area contributed by atoms with Gasteiger partial charge in [-0.25, -0.2) is 14.8 Å². The number of nitrogens with zero attached hydrogens (tertiary/aromatic N) is 2. The first-order valence-corrected chi connectivity index (χ1v) is 9.39. The minimum Gasteiger partial charge on any atom is -0.511 e. The van der Waals surface area contributed by atoms with Gasteiger partial charge in [0.25, 0.3) is 5.91 Å². The molecule has 0 spiro atoms. The van der Waals surface area contributed by atoms with Crippen molar-refractivity contribution in [2.24, 2.45) is 10.7 Å². The Hall–Kier alpha value is -4.00. The maximum absolute atomic E-state index is 12.3. The molecule has 0 saturated carbocycles. The summed E-state index contributed by atoms with van der Waals surface area (Å²) in [7, 11) is 0. The average molecular weight is 467 g/mol. The van der Waals surface area contributed by atoms with Crippen LogP contribution in [0.25, 0.3) is 0 Å². The molecule has 32 heavy (non-hydrogen) atoms. The summed E-state index contributed by atoms with van der Waals surface area (Å²) in [5, 5.41) is 39.8. The van der Waals surface area contributed by atoms with Gasteiger partial charge in [0.15, 0.2) is 5.84 Å². The minimum atomic E-state index is -1.46. The highest BCUT2D eigenvalue weighted by molar-refractivity contribution is 6.33. The Labute approximate surface area is 185 Å². The van der Waals surface area contributed by atoms with Crippen LogP contribution in [0.3, 0.4) is 0 Å². The lowest BCUT2D eigenvalue weighted by molar-refractivity contribution is -0.140. The Kier molecular flexibility index (Phi) is 7.85. The molecule has 1 aromatic heterocycles. The number of carbonyl (C=O) groups excluding carboxylic acids is 2. The van der Waals surface area contributed by atoms with Crippen LogP contribution >= 0.6 is 11.6 Å². The number of anilines is 1. The summed E-state index contributed by atoms with van der Waals surface area (Å²) in [5.41, 5.74) is 5.24. The van der Waals surface area contributed by atoms with Crippen molar-refractivity contribution in [2.75, 3.05) is 5.32 Å². The average Bonchev–Trinajstić information content (AvgIpc) is 2.67. The van der Waals surface area contributed by atoms with Gasteiger partial charge in [-0.1, -0.05) is 11.6 Å². The van der Waals surface area contributed by atoms with Gasteiger partial charge in [-0.15, -0.1) is 0 Å². The van der Waals surface area contributed by atoms with Crippen molar-refractivity contribution in [3.63, 3.8) is 0 Å². The maximum Gasteiger partial charge on any atom is 0.326 e. The van der Waals surface area contributed by atoms with Crippen LogP contribution in [0, 0.1) is 5.41 Å². The van der Waals surface area contributed by atoms with Gasteiger partial charge >= 0.3 is 11.9 Å². The summed E-state index contributed by atoms with van der Waals surface area (Å²) in [4.78, 5) is 53.9. The van der Waals surface area contributed by atoms with Crippen molar-refractivity contribution in [1.82, 2.24) is 10.3 Å². The third kappa shape index (κ3) is 6.50. The van der Waals surface area contributed by atoms with E-state index in [1.807, 2.05) is 0 Å². The molecule has 1 aliphatic rings. The van der Waals surface area contributed by atoms with Gasteiger partial charge in [0.1, 0.15) is 23.3 Å². The number of carbonyl (C=O) groups is 4. The predicted molar refractivity (Wildman–Crippen MR) is 112 cm³/mol. The van der Waals surface area contributed by atoms with Crippen LogP contribution in [0.5, 0.6) is 0 Å². The molecular formula is C18H19ClN6O7. The fraction of sp³-hybridized carbons (Fsp3) is 0.278. The Morgan fingerprint density at radius 2 is 1.97 bits per heavy atom. The number of rotatable bonds is 9. The smallest absolute Gasteiger partial charge is 0.326 e. The van der Waals surface area contributed by atoms with E-state index in [0.717, 1.165) is 6.20 Å². The van der Waals surface area contributed by atoms with E-state index in [1.165, 1.54) is 6.07 Å². The van der Waals surface area contributed by atoms with Gasteiger partial charge in [-0.05, 0) is 12.5 Å². The molecule has 2 amide bonds. The standard InChI is InChI=1S/C18H19ClN6O7/c19-9-3-7(23-13(27)4-8-11(26)5-12(20)25-16(8)21)6-22-15(9)17(30)24-10(18(31)32)1-2-14(28)29/h3,6,10,26H,1-2,4-5H2,(H,23,27)(H,24,30)(H,28,29)(H,31,32)(H3,20,21,25)/t10-/m0/s1. The number of aliphatic imine (C=N–C) groups is 1. The number of dihydropyridines is 1. The van der Waals surface area contributed by atoms with Gasteiger partial charge < -0.3 is 31.7 Å². The van der Waals surface area contributed by atoms with E-state index >= 15 is 0 Å². The van der Waals surface area contributed by atoms with E-state index in [-0.39, 0.29) is 58.7 Å². The summed E-state index contributed by atoms with van der Waals surface area (Å²) in [5.74, 6) is -4.72. The second-order valence-electron chi connectivity index (χ2n) is 6.63. The Balaban J connectivity index is 2.04. The molecule has 2 heterocycles. The van der Waals surface area contributed by atoms with Crippen molar-refractivity contribution < 1.29 is 34.5 Å². The van der Waals surface area contributed by atoms with Crippen molar-refractivity contribution in [3.8, 4) is 0 Å². The number of aliphatic carboxylic acids is 2. The van der Waals surface area contributed by atoms with Gasteiger partial charge in [0, 0.05) is 12.0 Å². The van der Waals surface area contributed by atoms with Gasteiger partial charge in [0.2, 0.25) is 5.91 Å². The van der Waals surface area contributed by atoms with Crippen molar-refractivity contribution in [3.05, 3.63) is 34.3 Å². The van der Waals surface area contributed by atoms with E-state index in [2.05, 4.69) is 20.6 Å². The number of halogens is 1. The van der Waals surface area contributed by atoms with Crippen LogP contribution in [0.4, 0.5) is 5.69 Å². The van der Waals surface area contributed by atoms with Gasteiger partial charge in [0.05, 0.1) is 29.7 Å². The molecule has 0 fully saturated rings. The molecule has 0 radical (unpaired) electrons. The number of nitrogens with two attached hydrogens (primary N) is 1. The number of hydrogen-bond donors (Lipinski definition) is 7. The lowest BCUT2D eigenvalue weighted by atomic mass is 10.0. The first kappa shape index (κ1) is 24.3. The number of carboxylic acids is 2. The fourth-order valence-electron chi connectivity index (χ4n) is 2.64. The molecule has 0 aromatic carbocycles. The largest absolute Gasteiger partial charge is 0.511 e. The molecule has 1 aliphatic heterocycles. The molecule has 13 nitrogen and oxygen atoms in total. The van der Waals surface area contributed by atoms with Crippen molar-refractivity contribution >= 4 is 52.7 Å². The van der Waals surface area contributed by atoms with E-state index in [9.17, 15) is 24.3 Å². The van der Waals surface area contributed by atoms with Crippen LogP contribution in [-0.2, 0) is 14.4 Å². The van der Waals surface area contributed by atoms with Crippen LogP contribution in [-0.4, -0.2) is 61.8 Å². The van der Waals surface area contributed by atoms with E-state index in [1.54, 1.807) is 0 Å². The number of pyridine rings is 1. The zero-order valence-electron chi connectivity index (χ0n) is 16.4. The highest BCUT2D eigenvalue weighted by atomic mass is 35.5. The number of aliphatic hydroxyl groups excluding tert-OH is 1. The molecule has 1 aromatic rings. The number of carboxylic acid groups (broad SMARTS) is 2. The number of nitrogens with one attached hydrogen (secondary N) is 3. The van der Waals surface area contributed by atoms with E-state index in [0.29, 0.717) is 0 Å². The Bertz CT molecular complexity index is 1050. The highest BCUT2D eigenvalue weighted by Gasteiger charge is 2.24. The topological polar surface area (TPSA) is 228 Å². The third-order valence-corrected chi connectivity index (χ3v) is 4.45. The minimum absolute atomic E-state index is 0.00725. The van der Waals surface area contributed by atoms with E-state index < -0.39 is 36.2 Å². The molecule has 0 aliphatic carbocycles. The molecule has 0 bridgehead atoms. The lowest BCUT2D eigenvalue weighted by Gasteiger charge is -2.15. The Morgan fingerprint density at radius 1 is 1.28 bits per heavy atom. The molecular weight excluding hydrogens is 448 g/mol. The second kappa shape index (κ2) is 10.3. The number of amidine groups is 2. The van der Waals surface area contributed by atoms with Crippen LogP contribution in [0.1, 0.15) is 36.2 Å². The summed E-state index contributed by atoms with van der Waals surface area (Å²) >= 11 is 6.02. The molecule has 8 N–H and O–H groups in total. The van der Waals surface area contributed by atoms with E-state index in [4.69, 9.17) is 33.0 Å². The zero-order valence-corrected chi connectivity index (χ0v) is 17.1. The predicted octanol–water partition coefficient (Wildman–Crippen LogP) is 0.662. The molecule has 0 unspecified atom stereocenters. The summed E-state index contributed by atoms with van der Waals surface area (Å²) in [6.07, 6.45) is -0.153. The second-order valence-corrected chi connectivity index (χ2v) is 7.04. The van der Waals surface area contributed by atoms with Gasteiger partial charge in [-0.3, -0.25) is 19.8 Å². The monoisotopic (exact) mass is 466 g/mol. The molecule has 0 saturated heterocycles. The highest BCUT2D eigenvalue weighted by Crippen LogP contribution is 2.21. The molecule has 170 valence electrons. The molecule has 14 heteroatoms. The van der Waals surface area contributed by atoms with Crippen LogP contribution < -0.4 is 16.4 Å². The first-order chi connectivity index (χ1) is 15.0. The maximum atomic E-state index is 12.3. The number of amides is 2. The van der Waals surface area contributed by atoms with Crippen LogP contribution in [0.15, 0.2) is 28.6 Å².